The molecule has 0 unspecified atom stereocenters. The van der Waals surface area contributed by atoms with Gasteiger partial charge in [-0.15, -0.1) is 11.3 Å². The third-order valence-electron chi connectivity index (χ3n) is 5.51. The molecule has 2 aliphatic heterocycles. The Balaban J connectivity index is 1.40. The number of ether oxygens (including phenoxy) is 1. The van der Waals surface area contributed by atoms with Gasteiger partial charge < -0.3 is 19.3 Å². The largest absolute Gasteiger partial charge is 0.477 e. The quantitative estimate of drug-likeness (QED) is 0.723. The Bertz CT molecular complexity index is 1030. The van der Waals surface area contributed by atoms with Crippen LogP contribution in [0.3, 0.4) is 0 Å². The van der Waals surface area contributed by atoms with Crippen molar-refractivity contribution in [3.05, 3.63) is 33.9 Å². The van der Waals surface area contributed by atoms with Crippen molar-refractivity contribution in [1.29, 1.82) is 0 Å². The molecule has 1 spiro atoms. The van der Waals surface area contributed by atoms with Crippen molar-refractivity contribution in [1.82, 2.24) is 19.5 Å². The molecule has 0 bridgehead atoms. The van der Waals surface area contributed by atoms with Crippen molar-refractivity contribution < 1.29 is 14.6 Å². The average molecular weight is 385 g/mol. The SMILES string of the molecule is Cn1cnc2nc(N3CCC4(CC3)OCCc3cc(C(=O)O)sc34)ncc21. The van der Waals surface area contributed by atoms with Crippen molar-refractivity contribution in [3.63, 3.8) is 0 Å². The van der Waals surface area contributed by atoms with E-state index in [-0.39, 0.29) is 5.60 Å². The number of carbonyl (C=O) groups is 1. The summed E-state index contributed by atoms with van der Waals surface area (Å²) >= 11 is 1.36. The summed E-state index contributed by atoms with van der Waals surface area (Å²) in [7, 11) is 1.92. The minimum absolute atomic E-state index is 0.377. The molecule has 0 aromatic carbocycles. The van der Waals surface area contributed by atoms with Gasteiger partial charge >= 0.3 is 5.97 Å². The van der Waals surface area contributed by atoms with Gasteiger partial charge in [0.1, 0.15) is 16.0 Å². The van der Waals surface area contributed by atoms with E-state index >= 15 is 0 Å². The number of anilines is 1. The summed E-state index contributed by atoms with van der Waals surface area (Å²) in [5.74, 6) is -0.177. The van der Waals surface area contributed by atoms with E-state index in [1.165, 1.54) is 11.3 Å². The van der Waals surface area contributed by atoms with Gasteiger partial charge in [-0.1, -0.05) is 0 Å². The lowest BCUT2D eigenvalue weighted by atomic mass is 9.85. The van der Waals surface area contributed by atoms with Crippen LogP contribution in [0.1, 0.15) is 33.0 Å². The zero-order chi connectivity index (χ0) is 18.6. The van der Waals surface area contributed by atoms with E-state index < -0.39 is 5.97 Å². The van der Waals surface area contributed by atoms with Crippen LogP contribution < -0.4 is 4.90 Å². The van der Waals surface area contributed by atoms with Gasteiger partial charge in [0.15, 0.2) is 5.65 Å². The fourth-order valence-electron chi connectivity index (χ4n) is 4.02. The molecule has 27 heavy (non-hydrogen) atoms. The molecule has 5 rings (SSSR count). The highest BCUT2D eigenvalue weighted by Gasteiger charge is 2.43. The molecular formula is C18H19N5O3S. The number of carboxylic acid groups (broad SMARTS) is 1. The van der Waals surface area contributed by atoms with Gasteiger partial charge in [-0.25, -0.2) is 14.8 Å². The number of carboxylic acids is 1. The van der Waals surface area contributed by atoms with Gasteiger partial charge in [0.2, 0.25) is 5.95 Å². The number of thiophene rings is 1. The molecule has 140 valence electrons. The molecule has 0 amide bonds. The number of piperidine rings is 1. The van der Waals surface area contributed by atoms with E-state index in [4.69, 9.17) is 4.74 Å². The average Bonchev–Trinajstić information content (AvgIpc) is 3.27. The van der Waals surface area contributed by atoms with Crippen LogP contribution in [-0.4, -0.2) is 50.3 Å². The number of aryl methyl sites for hydroxylation is 1. The maximum Gasteiger partial charge on any atom is 0.345 e. The molecule has 0 atom stereocenters. The number of fused-ring (bicyclic) bond motifs is 3. The van der Waals surface area contributed by atoms with Crippen molar-refractivity contribution in [2.24, 2.45) is 7.05 Å². The molecule has 1 N–H and O–H groups in total. The first-order valence-corrected chi connectivity index (χ1v) is 9.77. The fourth-order valence-corrected chi connectivity index (χ4v) is 5.27. The summed E-state index contributed by atoms with van der Waals surface area (Å²) in [5.41, 5.74) is 2.36. The number of nitrogens with zero attached hydrogens (tertiary/aromatic N) is 5. The predicted octanol–water partition coefficient (Wildman–Crippen LogP) is 2.19. The Morgan fingerprint density at radius 1 is 1.33 bits per heavy atom. The summed E-state index contributed by atoms with van der Waals surface area (Å²) in [5, 5.41) is 9.34. The van der Waals surface area contributed by atoms with Crippen molar-refractivity contribution in [3.8, 4) is 0 Å². The van der Waals surface area contributed by atoms with Crippen molar-refractivity contribution in [2.75, 3.05) is 24.6 Å². The van der Waals surface area contributed by atoms with Crippen LogP contribution >= 0.6 is 11.3 Å². The molecule has 2 aliphatic rings. The van der Waals surface area contributed by atoms with Crippen LogP contribution in [-0.2, 0) is 23.8 Å². The van der Waals surface area contributed by atoms with Crippen molar-refractivity contribution in [2.45, 2.75) is 24.9 Å². The Hall–Kier alpha value is -2.52. The first-order chi connectivity index (χ1) is 13.1. The number of hydrogen-bond donors (Lipinski definition) is 1. The first kappa shape index (κ1) is 16.6. The molecule has 1 saturated heterocycles. The second kappa shape index (κ2) is 6.00. The van der Waals surface area contributed by atoms with Crippen LogP contribution in [0.4, 0.5) is 5.95 Å². The lowest BCUT2D eigenvalue weighted by Gasteiger charge is -2.43. The highest BCUT2D eigenvalue weighted by molar-refractivity contribution is 7.14. The van der Waals surface area contributed by atoms with Gasteiger partial charge in [-0.2, -0.15) is 4.98 Å². The molecule has 0 aliphatic carbocycles. The van der Waals surface area contributed by atoms with E-state index in [1.54, 1.807) is 6.33 Å². The molecule has 1 fully saturated rings. The van der Waals surface area contributed by atoms with Crippen LogP contribution in [0.5, 0.6) is 0 Å². The number of hydrogen-bond acceptors (Lipinski definition) is 7. The molecule has 9 heteroatoms. The van der Waals surface area contributed by atoms with Gasteiger partial charge in [0.25, 0.3) is 0 Å². The van der Waals surface area contributed by atoms with Gasteiger partial charge in [-0.3, -0.25) is 0 Å². The number of rotatable bonds is 2. The molecule has 3 aromatic rings. The molecule has 0 radical (unpaired) electrons. The molecule has 8 nitrogen and oxygen atoms in total. The van der Waals surface area contributed by atoms with Gasteiger partial charge in [-0.05, 0) is 30.9 Å². The summed E-state index contributed by atoms with van der Waals surface area (Å²) < 4.78 is 8.12. The minimum Gasteiger partial charge on any atom is -0.477 e. The molecule has 5 heterocycles. The molecular weight excluding hydrogens is 366 g/mol. The normalized spacial score (nSPS) is 18.8. The fraction of sp³-hybridized carbons (Fsp3) is 0.444. The van der Waals surface area contributed by atoms with E-state index in [0.29, 0.717) is 23.1 Å². The zero-order valence-corrected chi connectivity index (χ0v) is 15.7. The topological polar surface area (TPSA) is 93.4 Å². The number of imidazole rings is 1. The second-order valence-electron chi connectivity index (χ2n) is 7.08. The van der Waals surface area contributed by atoms with Crippen LogP contribution in [0.2, 0.25) is 0 Å². The monoisotopic (exact) mass is 385 g/mol. The lowest BCUT2D eigenvalue weighted by molar-refractivity contribution is -0.0736. The van der Waals surface area contributed by atoms with E-state index in [9.17, 15) is 9.90 Å². The zero-order valence-electron chi connectivity index (χ0n) is 14.9. The third kappa shape index (κ3) is 2.61. The lowest BCUT2D eigenvalue weighted by Crippen LogP contribution is -2.46. The summed E-state index contributed by atoms with van der Waals surface area (Å²) in [6, 6.07) is 1.82. The number of aromatic carboxylic acids is 1. The van der Waals surface area contributed by atoms with Crippen molar-refractivity contribution >= 4 is 34.4 Å². The van der Waals surface area contributed by atoms with E-state index in [0.717, 1.165) is 48.3 Å². The number of aromatic nitrogens is 4. The van der Waals surface area contributed by atoms with Gasteiger partial charge in [0, 0.05) is 25.0 Å². The molecule has 0 saturated carbocycles. The molecule has 3 aromatic heterocycles. The van der Waals surface area contributed by atoms with E-state index in [1.807, 2.05) is 23.9 Å². The van der Waals surface area contributed by atoms with Crippen LogP contribution in [0.25, 0.3) is 11.2 Å². The summed E-state index contributed by atoms with van der Waals surface area (Å²) in [6.45, 7) is 2.16. The summed E-state index contributed by atoms with van der Waals surface area (Å²) in [4.78, 5) is 28.4. The smallest absolute Gasteiger partial charge is 0.345 e. The maximum absolute atomic E-state index is 11.4. The second-order valence-corrected chi connectivity index (χ2v) is 8.14. The van der Waals surface area contributed by atoms with E-state index in [2.05, 4.69) is 19.9 Å². The van der Waals surface area contributed by atoms with Gasteiger partial charge in [0.05, 0.1) is 19.1 Å². The Kier molecular flexibility index (Phi) is 3.70. The van der Waals surface area contributed by atoms with Crippen LogP contribution in [0, 0.1) is 0 Å². The minimum atomic E-state index is -0.862. The first-order valence-electron chi connectivity index (χ1n) is 8.95. The highest BCUT2D eigenvalue weighted by Crippen LogP contribution is 2.45. The Morgan fingerprint density at radius 2 is 2.15 bits per heavy atom. The highest BCUT2D eigenvalue weighted by atomic mass is 32.1. The predicted molar refractivity (Wildman–Crippen MR) is 100 cm³/mol. The Morgan fingerprint density at radius 3 is 2.93 bits per heavy atom. The Labute approximate surface area is 159 Å². The standard InChI is InChI=1S/C18H19N5O3S/c1-22-10-20-15-12(22)9-19-17(21-15)23-5-3-18(4-6-23)14-11(2-7-26-18)8-13(27-14)16(24)25/h8-10H,2-7H2,1H3,(H,24,25). The maximum atomic E-state index is 11.4. The summed E-state index contributed by atoms with van der Waals surface area (Å²) in [6.07, 6.45) is 5.92. The third-order valence-corrected chi connectivity index (χ3v) is 6.86. The van der Waals surface area contributed by atoms with Crippen LogP contribution in [0.15, 0.2) is 18.6 Å².